The van der Waals surface area contributed by atoms with E-state index in [9.17, 15) is 9.59 Å². The lowest BCUT2D eigenvalue weighted by Gasteiger charge is -2.24. The molecule has 134 valence electrons. The first-order valence-corrected chi connectivity index (χ1v) is 9.12. The van der Waals surface area contributed by atoms with Crippen molar-refractivity contribution in [1.82, 2.24) is 0 Å². The highest BCUT2D eigenvalue weighted by atomic mass is 16.6. The number of carbonyl (C=O) groups is 2. The zero-order valence-electron chi connectivity index (χ0n) is 14.4. The summed E-state index contributed by atoms with van der Waals surface area (Å²) in [6, 6.07) is 0. The second kappa shape index (κ2) is 12.3. The summed E-state index contributed by atoms with van der Waals surface area (Å²) in [5, 5.41) is 8.93. The summed E-state index contributed by atoms with van der Waals surface area (Å²) < 4.78 is 10.7. The van der Waals surface area contributed by atoms with Crippen LogP contribution in [0.1, 0.15) is 71.1 Å². The molecular weight excluding hydrogens is 296 g/mol. The third-order valence-corrected chi connectivity index (χ3v) is 4.52. The van der Waals surface area contributed by atoms with Crippen LogP contribution in [0, 0.1) is 11.8 Å². The van der Waals surface area contributed by atoms with Crippen LogP contribution in [0.15, 0.2) is 0 Å². The highest BCUT2D eigenvalue weighted by Gasteiger charge is 2.30. The molecule has 0 saturated heterocycles. The van der Waals surface area contributed by atoms with Gasteiger partial charge in [0, 0.05) is 6.61 Å². The molecule has 0 aromatic rings. The van der Waals surface area contributed by atoms with Gasteiger partial charge in [-0.05, 0) is 32.1 Å². The molecule has 1 rings (SSSR count). The predicted octanol–water partition coefficient (Wildman–Crippen LogP) is 3.80. The van der Waals surface area contributed by atoms with E-state index in [0.29, 0.717) is 38.9 Å². The summed E-state index contributed by atoms with van der Waals surface area (Å²) >= 11 is 0. The number of carbonyl (C=O) groups excluding carboxylic acids is 1. The third-order valence-electron chi connectivity index (χ3n) is 4.52. The Bertz CT molecular complexity index is 334. The minimum absolute atomic E-state index is 0.135. The van der Waals surface area contributed by atoms with E-state index in [0.717, 1.165) is 13.0 Å². The molecule has 1 saturated carbocycles. The number of hydrogen-bond donors (Lipinski definition) is 1. The number of unbranched alkanes of at least 4 members (excludes halogenated alkanes) is 5. The molecule has 23 heavy (non-hydrogen) atoms. The second-order valence-corrected chi connectivity index (χ2v) is 6.43. The Balaban J connectivity index is 1.93. The van der Waals surface area contributed by atoms with Gasteiger partial charge in [0.25, 0.3) is 0 Å². The molecule has 0 radical (unpaired) electrons. The van der Waals surface area contributed by atoms with Crippen molar-refractivity contribution >= 4 is 11.9 Å². The molecule has 1 aliphatic carbocycles. The van der Waals surface area contributed by atoms with Crippen LogP contribution < -0.4 is 0 Å². The van der Waals surface area contributed by atoms with Crippen LogP contribution in [-0.4, -0.2) is 36.9 Å². The molecule has 0 aromatic heterocycles. The molecular formula is C18H32O5. The normalized spacial score (nSPS) is 21.1. The van der Waals surface area contributed by atoms with Gasteiger partial charge in [-0.25, -0.2) is 0 Å². The van der Waals surface area contributed by atoms with E-state index in [1.54, 1.807) is 0 Å². The van der Waals surface area contributed by atoms with Gasteiger partial charge < -0.3 is 14.6 Å². The van der Waals surface area contributed by atoms with E-state index in [4.69, 9.17) is 14.6 Å². The van der Waals surface area contributed by atoms with E-state index in [1.807, 2.05) is 0 Å². The summed E-state index contributed by atoms with van der Waals surface area (Å²) in [6.07, 6.45) is 9.80. The average Bonchev–Trinajstić information content (AvgIpc) is 2.56. The molecule has 1 aliphatic rings. The van der Waals surface area contributed by atoms with Crippen LogP contribution >= 0.6 is 0 Å². The summed E-state index contributed by atoms with van der Waals surface area (Å²) in [4.78, 5) is 22.8. The van der Waals surface area contributed by atoms with Crippen LogP contribution in [0.5, 0.6) is 0 Å². The number of esters is 1. The zero-order valence-corrected chi connectivity index (χ0v) is 14.4. The lowest BCUT2D eigenvalue weighted by molar-refractivity contribution is -0.153. The molecule has 0 aromatic carbocycles. The smallest absolute Gasteiger partial charge is 0.309 e. The maximum atomic E-state index is 11.9. The number of rotatable bonds is 12. The SMILES string of the molecule is CCCCCCCCOCCOC(=O)C1CCC(C(=O)O)CC1. The topological polar surface area (TPSA) is 72.8 Å². The quantitative estimate of drug-likeness (QED) is 0.436. The van der Waals surface area contributed by atoms with Crippen molar-refractivity contribution in [3.63, 3.8) is 0 Å². The highest BCUT2D eigenvalue weighted by molar-refractivity contribution is 5.74. The molecule has 0 bridgehead atoms. The van der Waals surface area contributed by atoms with Crippen molar-refractivity contribution in [2.24, 2.45) is 11.8 Å². The largest absolute Gasteiger partial charge is 0.481 e. The van der Waals surface area contributed by atoms with E-state index in [1.165, 1.54) is 32.1 Å². The van der Waals surface area contributed by atoms with Gasteiger partial charge in [-0.3, -0.25) is 9.59 Å². The molecule has 0 atom stereocenters. The Morgan fingerprint density at radius 1 is 0.870 bits per heavy atom. The lowest BCUT2D eigenvalue weighted by Crippen LogP contribution is -2.27. The Labute approximate surface area is 139 Å². The minimum Gasteiger partial charge on any atom is -0.481 e. The van der Waals surface area contributed by atoms with Gasteiger partial charge in [0.05, 0.1) is 18.4 Å². The fraction of sp³-hybridized carbons (Fsp3) is 0.889. The number of aliphatic carboxylic acids is 1. The monoisotopic (exact) mass is 328 g/mol. The van der Waals surface area contributed by atoms with E-state index < -0.39 is 5.97 Å². The first kappa shape index (κ1) is 19.9. The highest BCUT2D eigenvalue weighted by Crippen LogP contribution is 2.29. The Kier molecular flexibility index (Phi) is 10.7. The van der Waals surface area contributed by atoms with Crippen LogP contribution in [0.25, 0.3) is 0 Å². The van der Waals surface area contributed by atoms with E-state index in [2.05, 4.69) is 6.92 Å². The fourth-order valence-corrected chi connectivity index (χ4v) is 2.98. The van der Waals surface area contributed by atoms with Gasteiger partial charge in [0.2, 0.25) is 0 Å². The molecule has 0 amide bonds. The van der Waals surface area contributed by atoms with Crippen molar-refractivity contribution in [3.8, 4) is 0 Å². The molecule has 5 heteroatoms. The summed E-state index contributed by atoms with van der Waals surface area (Å²) in [5.74, 6) is -1.37. The molecule has 0 aliphatic heterocycles. The first-order valence-electron chi connectivity index (χ1n) is 9.12. The van der Waals surface area contributed by atoms with Crippen LogP contribution in [-0.2, 0) is 19.1 Å². The van der Waals surface area contributed by atoms with Gasteiger partial charge in [-0.2, -0.15) is 0 Å². The zero-order chi connectivity index (χ0) is 16.9. The molecule has 1 fully saturated rings. The van der Waals surface area contributed by atoms with Crippen molar-refractivity contribution < 1.29 is 24.2 Å². The van der Waals surface area contributed by atoms with Crippen molar-refractivity contribution in [2.45, 2.75) is 71.1 Å². The molecule has 1 N–H and O–H groups in total. The van der Waals surface area contributed by atoms with Crippen molar-refractivity contribution in [3.05, 3.63) is 0 Å². The molecule has 5 nitrogen and oxygen atoms in total. The Morgan fingerprint density at radius 2 is 1.48 bits per heavy atom. The fourth-order valence-electron chi connectivity index (χ4n) is 2.98. The van der Waals surface area contributed by atoms with Gasteiger partial charge >= 0.3 is 11.9 Å². The molecule has 0 heterocycles. The lowest BCUT2D eigenvalue weighted by atomic mass is 9.82. The van der Waals surface area contributed by atoms with Crippen molar-refractivity contribution in [2.75, 3.05) is 19.8 Å². The minimum atomic E-state index is -0.750. The van der Waals surface area contributed by atoms with Gasteiger partial charge in [0.1, 0.15) is 6.61 Å². The van der Waals surface area contributed by atoms with Gasteiger partial charge in [0.15, 0.2) is 0 Å². The predicted molar refractivity (Wildman–Crippen MR) is 88.2 cm³/mol. The summed E-state index contributed by atoms with van der Waals surface area (Å²) in [6.45, 7) is 3.69. The van der Waals surface area contributed by atoms with E-state index >= 15 is 0 Å². The average molecular weight is 328 g/mol. The molecule has 0 spiro atoms. The van der Waals surface area contributed by atoms with Crippen LogP contribution in [0.2, 0.25) is 0 Å². The summed E-state index contributed by atoms with van der Waals surface area (Å²) in [7, 11) is 0. The van der Waals surface area contributed by atoms with Crippen LogP contribution in [0.4, 0.5) is 0 Å². The van der Waals surface area contributed by atoms with E-state index in [-0.39, 0.29) is 17.8 Å². The first-order chi connectivity index (χ1) is 11.1. The van der Waals surface area contributed by atoms with Gasteiger partial charge in [-0.1, -0.05) is 39.0 Å². The third kappa shape index (κ3) is 8.94. The summed E-state index contributed by atoms with van der Waals surface area (Å²) in [5.41, 5.74) is 0. The van der Waals surface area contributed by atoms with Crippen molar-refractivity contribution in [1.29, 1.82) is 0 Å². The maximum absolute atomic E-state index is 11.9. The number of carboxylic acids is 1. The Morgan fingerprint density at radius 3 is 2.13 bits per heavy atom. The van der Waals surface area contributed by atoms with Gasteiger partial charge in [-0.15, -0.1) is 0 Å². The number of ether oxygens (including phenoxy) is 2. The maximum Gasteiger partial charge on any atom is 0.309 e. The van der Waals surface area contributed by atoms with Crippen LogP contribution in [0.3, 0.4) is 0 Å². The number of carboxylic acid groups (broad SMARTS) is 1. The standard InChI is InChI=1S/C18H32O5/c1-2-3-4-5-6-7-12-22-13-14-23-18(21)16-10-8-15(9-11-16)17(19)20/h15-16H,2-14H2,1H3,(H,19,20). The second-order valence-electron chi connectivity index (χ2n) is 6.43. The molecule has 0 unspecified atom stereocenters. The Hall–Kier alpha value is -1.10. The number of hydrogen-bond acceptors (Lipinski definition) is 4.